The van der Waals surface area contributed by atoms with Crippen molar-refractivity contribution in [3.63, 3.8) is 0 Å². The molecule has 0 fully saturated rings. The van der Waals surface area contributed by atoms with Crippen LogP contribution >= 0.6 is 0 Å². The van der Waals surface area contributed by atoms with E-state index < -0.39 is 0 Å². The third-order valence-corrected chi connectivity index (χ3v) is 3.28. The molecule has 0 bridgehead atoms. The van der Waals surface area contributed by atoms with Gasteiger partial charge < -0.3 is 10.1 Å². The van der Waals surface area contributed by atoms with E-state index in [0.29, 0.717) is 0 Å². The van der Waals surface area contributed by atoms with Gasteiger partial charge in [0.2, 0.25) is 5.91 Å². The molecule has 0 radical (unpaired) electrons. The van der Waals surface area contributed by atoms with E-state index >= 15 is 0 Å². The molecule has 1 aliphatic carbocycles. The number of hydrogen-bond donors (Lipinski definition) is 1. The van der Waals surface area contributed by atoms with Gasteiger partial charge in [-0.05, 0) is 42.9 Å². The summed E-state index contributed by atoms with van der Waals surface area (Å²) in [5.74, 6) is -0.0690. The second-order valence-electron chi connectivity index (χ2n) is 4.60. The first-order chi connectivity index (χ1) is 8.20. The number of ether oxygens (including phenoxy) is 1. The molecule has 1 aromatic rings. The van der Waals surface area contributed by atoms with Crippen LogP contribution < -0.4 is 5.32 Å². The minimum absolute atomic E-state index is 0.0450. The lowest BCUT2D eigenvalue weighted by Crippen LogP contribution is -2.29. The molecule has 0 heterocycles. The zero-order valence-corrected chi connectivity index (χ0v) is 10.5. The van der Waals surface area contributed by atoms with Gasteiger partial charge in [-0.25, -0.2) is 0 Å². The van der Waals surface area contributed by atoms with Crippen LogP contribution in [-0.2, 0) is 22.4 Å². The fourth-order valence-electron chi connectivity index (χ4n) is 2.36. The van der Waals surface area contributed by atoms with Crippen molar-refractivity contribution in [3.05, 3.63) is 34.9 Å². The summed E-state index contributed by atoms with van der Waals surface area (Å²) in [5, 5.41) is 2.92. The molecule has 1 amide bonds. The Kier molecular flexibility index (Phi) is 3.79. The van der Waals surface area contributed by atoms with Gasteiger partial charge in [0, 0.05) is 7.11 Å². The maximum atomic E-state index is 11.4. The van der Waals surface area contributed by atoms with Crippen molar-refractivity contribution in [2.45, 2.75) is 32.2 Å². The average Bonchev–Trinajstić information content (AvgIpc) is 2.75. The molecule has 0 aliphatic heterocycles. The number of fused-ring (bicyclic) bond motifs is 1. The number of aryl methyl sites for hydroxylation is 2. The van der Waals surface area contributed by atoms with Crippen LogP contribution in [0.4, 0.5) is 0 Å². The number of methoxy groups -OCH3 is 1. The van der Waals surface area contributed by atoms with Crippen LogP contribution in [0.5, 0.6) is 0 Å². The summed E-state index contributed by atoms with van der Waals surface area (Å²) in [6, 6.07) is 6.57. The van der Waals surface area contributed by atoms with Crippen LogP contribution in [0.1, 0.15) is 36.1 Å². The number of carbonyl (C=O) groups excluding carboxylic acids is 1. The molecule has 2 rings (SSSR count). The fourth-order valence-corrected chi connectivity index (χ4v) is 2.36. The summed E-state index contributed by atoms with van der Waals surface area (Å²) in [6.07, 6.45) is 3.62. The SMILES string of the molecule is COCC(=O)N[C@@H](C)c1ccc2c(c1)CCC2. The van der Waals surface area contributed by atoms with Crippen molar-refractivity contribution in [1.82, 2.24) is 5.32 Å². The Morgan fingerprint density at radius 3 is 2.94 bits per heavy atom. The fraction of sp³-hybridized carbons (Fsp3) is 0.500. The molecule has 3 heteroatoms. The van der Waals surface area contributed by atoms with E-state index in [1.165, 1.54) is 43.1 Å². The quantitative estimate of drug-likeness (QED) is 0.863. The lowest BCUT2D eigenvalue weighted by molar-refractivity contribution is -0.125. The van der Waals surface area contributed by atoms with E-state index in [0.717, 1.165) is 0 Å². The average molecular weight is 233 g/mol. The Morgan fingerprint density at radius 2 is 2.18 bits per heavy atom. The summed E-state index contributed by atoms with van der Waals surface area (Å²) in [4.78, 5) is 11.4. The lowest BCUT2D eigenvalue weighted by atomic mass is 10.0. The molecule has 1 aromatic carbocycles. The molecule has 0 spiro atoms. The van der Waals surface area contributed by atoms with Crippen LogP contribution in [0.25, 0.3) is 0 Å². The Labute approximate surface area is 102 Å². The zero-order chi connectivity index (χ0) is 12.3. The van der Waals surface area contributed by atoms with Crippen LogP contribution in [0.2, 0.25) is 0 Å². The van der Waals surface area contributed by atoms with Crippen LogP contribution in [-0.4, -0.2) is 19.6 Å². The summed E-state index contributed by atoms with van der Waals surface area (Å²) >= 11 is 0. The number of benzene rings is 1. The molecular formula is C14H19NO2. The van der Waals surface area contributed by atoms with Gasteiger partial charge in [0.1, 0.15) is 6.61 Å². The zero-order valence-electron chi connectivity index (χ0n) is 10.5. The van der Waals surface area contributed by atoms with Crippen molar-refractivity contribution < 1.29 is 9.53 Å². The number of carbonyl (C=O) groups is 1. The second-order valence-corrected chi connectivity index (χ2v) is 4.60. The van der Waals surface area contributed by atoms with Crippen LogP contribution in [0.3, 0.4) is 0 Å². The number of rotatable bonds is 4. The topological polar surface area (TPSA) is 38.3 Å². The Bertz CT molecular complexity index is 415. The van der Waals surface area contributed by atoms with Crippen molar-refractivity contribution in [1.29, 1.82) is 0 Å². The number of amides is 1. The molecule has 92 valence electrons. The van der Waals surface area contributed by atoms with E-state index in [1.807, 2.05) is 6.92 Å². The van der Waals surface area contributed by atoms with Crippen LogP contribution in [0.15, 0.2) is 18.2 Å². The van der Waals surface area contributed by atoms with Crippen LogP contribution in [0, 0.1) is 0 Å². The summed E-state index contributed by atoms with van der Waals surface area (Å²) in [7, 11) is 1.53. The van der Waals surface area contributed by atoms with Gasteiger partial charge in [-0.15, -0.1) is 0 Å². The van der Waals surface area contributed by atoms with Gasteiger partial charge in [-0.2, -0.15) is 0 Å². The minimum Gasteiger partial charge on any atom is -0.375 e. The highest BCUT2D eigenvalue weighted by Crippen LogP contribution is 2.25. The molecule has 0 unspecified atom stereocenters. The molecular weight excluding hydrogens is 214 g/mol. The van der Waals surface area contributed by atoms with Crippen molar-refractivity contribution in [2.24, 2.45) is 0 Å². The lowest BCUT2D eigenvalue weighted by Gasteiger charge is -2.15. The van der Waals surface area contributed by atoms with Gasteiger partial charge in [0.05, 0.1) is 6.04 Å². The van der Waals surface area contributed by atoms with Crippen molar-refractivity contribution >= 4 is 5.91 Å². The first-order valence-corrected chi connectivity index (χ1v) is 6.10. The molecule has 1 atom stereocenters. The van der Waals surface area contributed by atoms with Crippen molar-refractivity contribution in [3.8, 4) is 0 Å². The first kappa shape index (κ1) is 12.1. The third kappa shape index (κ3) is 2.86. The maximum absolute atomic E-state index is 11.4. The van der Waals surface area contributed by atoms with Gasteiger partial charge in [-0.1, -0.05) is 18.2 Å². The Hall–Kier alpha value is -1.35. The molecule has 17 heavy (non-hydrogen) atoms. The molecule has 0 saturated heterocycles. The highest BCUT2D eigenvalue weighted by Gasteiger charge is 2.14. The van der Waals surface area contributed by atoms with Crippen molar-refractivity contribution in [2.75, 3.05) is 13.7 Å². The maximum Gasteiger partial charge on any atom is 0.246 e. The molecule has 1 aliphatic rings. The van der Waals surface area contributed by atoms with E-state index in [-0.39, 0.29) is 18.6 Å². The molecule has 1 N–H and O–H groups in total. The third-order valence-electron chi connectivity index (χ3n) is 3.28. The molecule has 0 saturated carbocycles. The van der Waals surface area contributed by atoms with E-state index in [2.05, 4.69) is 23.5 Å². The van der Waals surface area contributed by atoms with E-state index in [1.54, 1.807) is 0 Å². The highest BCUT2D eigenvalue weighted by atomic mass is 16.5. The Morgan fingerprint density at radius 1 is 1.41 bits per heavy atom. The van der Waals surface area contributed by atoms with Gasteiger partial charge in [-0.3, -0.25) is 4.79 Å². The Balaban J connectivity index is 2.04. The summed E-state index contributed by atoms with van der Waals surface area (Å²) < 4.78 is 4.80. The van der Waals surface area contributed by atoms with Gasteiger partial charge in [0.15, 0.2) is 0 Å². The second kappa shape index (κ2) is 5.32. The molecule has 0 aromatic heterocycles. The standard InChI is InChI=1S/C14H19NO2/c1-10(15-14(16)9-17-2)12-7-6-11-4-3-5-13(11)8-12/h6-8,10H,3-5,9H2,1-2H3,(H,15,16)/t10-/m0/s1. The summed E-state index contributed by atoms with van der Waals surface area (Å²) in [5.41, 5.74) is 4.08. The molecule has 3 nitrogen and oxygen atoms in total. The highest BCUT2D eigenvalue weighted by molar-refractivity contribution is 5.77. The predicted molar refractivity (Wildman–Crippen MR) is 66.9 cm³/mol. The minimum atomic E-state index is -0.0690. The monoisotopic (exact) mass is 233 g/mol. The van der Waals surface area contributed by atoms with Gasteiger partial charge in [0.25, 0.3) is 0 Å². The number of nitrogens with one attached hydrogen (secondary N) is 1. The summed E-state index contributed by atoms with van der Waals surface area (Å²) in [6.45, 7) is 2.12. The van der Waals surface area contributed by atoms with E-state index in [9.17, 15) is 4.79 Å². The first-order valence-electron chi connectivity index (χ1n) is 6.10. The normalized spacial score (nSPS) is 15.4. The smallest absolute Gasteiger partial charge is 0.246 e. The van der Waals surface area contributed by atoms with Gasteiger partial charge >= 0.3 is 0 Å². The number of hydrogen-bond acceptors (Lipinski definition) is 2. The predicted octanol–water partition coefficient (Wildman–Crippen LogP) is 2.00. The largest absolute Gasteiger partial charge is 0.375 e. The van der Waals surface area contributed by atoms with E-state index in [4.69, 9.17) is 4.74 Å².